The molecule has 0 bridgehead atoms. The standard InChI is InChI=1S/C11H7ClFNO5S/c12-8-4-7(1-2-9(8)13)20(17,18)5-6-3-10(11(15)16)14-19-6/h1-4H,5H2,(H,15,16). The van der Waals surface area contributed by atoms with Crippen molar-refractivity contribution >= 4 is 27.4 Å². The van der Waals surface area contributed by atoms with Crippen LogP contribution in [0.1, 0.15) is 16.2 Å². The van der Waals surface area contributed by atoms with E-state index in [1.165, 1.54) is 0 Å². The minimum Gasteiger partial charge on any atom is -0.476 e. The normalized spacial score (nSPS) is 11.5. The van der Waals surface area contributed by atoms with Gasteiger partial charge in [0.1, 0.15) is 11.6 Å². The van der Waals surface area contributed by atoms with E-state index >= 15 is 0 Å². The largest absolute Gasteiger partial charge is 0.476 e. The monoisotopic (exact) mass is 319 g/mol. The molecule has 9 heteroatoms. The molecule has 6 nitrogen and oxygen atoms in total. The van der Waals surface area contributed by atoms with Gasteiger partial charge in [0.05, 0.1) is 9.92 Å². The summed E-state index contributed by atoms with van der Waals surface area (Å²) in [6.07, 6.45) is 0. The topological polar surface area (TPSA) is 97.5 Å². The molecule has 2 aromatic rings. The summed E-state index contributed by atoms with van der Waals surface area (Å²) in [6, 6.07) is 3.97. The summed E-state index contributed by atoms with van der Waals surface area (Å²) in [7, 11) is -3.84. The van der Waals surface area contributed by atoms with E-state index in [4.69, 9.17) is 16.7 Å². The van der Waals surface area contributed by atoms with Gasteiger partial charge in [-0.25, -0.2) is 17.6 Å². The first-order valence-electron chi connectivity index (χ1n) is 5.16. The lowest BCUT2D eigenvalue weighted by Gasteiger charge is -2.03. The molecule has 0 radical (unpaired) electrons. The molecule has 0 amide bonds. The highest BCUT2D eigenvalue weighted by molar-refractivity contribution is 7.90. The number of carboxylic acids is 1. The quantitative estimate of drug-likeness (QED) is 0.867. The molecule has 0 atom stereocenters. The van der Waals surface area contributed by atoms with Crippen molar-refractivity contribution in [3.8, 4) is 0 Å². The summed E-state index contributed by atoms with van der Waals surface area (Å²) in [5.74, 6) is -2.81. The van der Waals surface area contributed by atoms with E-state index in [0.29, 0.717) is 0 Å². The van der Waals surface area contributed by atoms with Gasteiger partial charge in [0.2, 0.25) is 0 Å². The van der Waals surface area contributed by atoms with Crippen LogP contribution in [0.4, 0.5) is 4.39 Å². The molecule has 1 aromatic heterocycles. The fourth-order valence-corrected chi connectivity index (χ4v) is 2.92. The first-order chi connectivity index (χ1) is 9.29. The van der Waals surface area contributed by atoms with Crippen molar-refractivity contribution in [1.29, 1.82) is 0 Å². The summed E-state index contributed by atoms with van der Waals surface area (Å²) in [5, 5.41) is 11.5. The van der Waals surface area contributed by atoms with Gasteiger partial charge < -0.3 is 9.63 Å². The van der Waals surface area contributed by atoms with Crippen LogP contribution in [0.3, 0.4) is 0 Å². The van der Waals surface area contributed by atoms with Crippen molar-refractivity contribution in [2.75, 3.05) is 0 Å². The van der Waals surface area contributed by atoms with Gasteiger partial charge in [0.15, 0.2) is 21.3 Å². The third kappa shape index (κ3) is 2.97. The molecule has 0 aliphatic heterocycles. The van der Waals surface area contributed by atoms with E-state index in [9.17, 15) is 17.6 Å². The van der Waals surface area contributed by atoms with Gasteiger partial charge in [-0.1, -0.05) is 16.8 Å². The number of benzene rings is 1. The number of nitrogens with zero attached hydrogens (tertiary/aromatic N) is 1. The highest BCUT2D eigenvalue weighted by Gasteiger charge is 2.21. The molecular weight excluding hydrogens is 313 g/mol. The number of carboxylic acid groups (broad SMARTS) is 1. The Morgan fingerprint density at radius 2 is 2.10 bits per heavy atom. The second-order valence-corrected chi connectivity index (χ2v) is 6.22. The van der Waals surface area contributed by atoms with Crippen LogP contribution in [0, 0.1) is 5.82 Å². The van der Waals surface area contributed by atoms with Crippen LogP contribution in [0.5, 0.6) is 0 Å². The third-order valence-corrected chi connectivity index (χ3v) is 4.29. The number of sulfone groups is 1. The van der Waals surface area contributed by atoms with Crippen molar-refractivity contribution in [1.82, 2.24) is 5.16 Å². The number of rotatable bonds is 4. The van der Waals surface area contributed by atoms with E-state index in [-0.39, 0.29) is 15.7 Å². The van der Waals surface area contributed by atoms with Gasteiger partial charge in [0.25, 0.3) is 0 Å². The average Bonchev–Trinajstić information content (AvgIpc) is 2.80. The van der Waals surface area contributed by atoms with E-state index < -0.39 is 33.1 Å². The number of halogens is 2. The van der Waals surface area contributed by atoms with E-state index in [2.05, 4.69) is 9.68 Å². The Hall–Kier alpha value is -1.93. The number of hydrogen-bond acceptors (Lipinski definition) is 5. The van der Waals surface area contributed by atoms with Gasteiger partial charge in [-0.2, -0.15) is 0 Å². The van der Waals surface area contributed by atoms with E-state index in [1.807, 2.05) is 0 Å². The van der Waals surface area contributed by atoms with Crippen molar-refractivity contribution in [2.45, 2.75) is 10.6 Å². The maximum Gasteiger partial charge on any atom is 0.358 e. The number of aromatic nitrogens is 1. The highest BCUT2D eigenvalue weighted by atomic mass is 35.5. The third-order valence-electron chi connectivity index (χ3n) is 2.36. The molecule has 1 heterocycles. The summed E-state index contributed by atoms with van der Waals surface area (Å²) < 4.78 is 41.7. The molecule has 0 aliphatic carbocycles. The smallest absolute Gasteiger partial charge is 0.358 e. The van der Waals surface area contributed by atoms with Crippen LogP contribution in [0.2, 0.25) is 5.02 Å². The predicted octanol–water partition coefficient (Wildman–Crippen LogP) is 2.14. The Morgan fingerprint density at radius 1 is 1.40 bits per heavy atom. The number of aromatic carboxylic acids is 1. The van der Waals surface area contributed by atoms with Crippen molar-refractivity contribution in [2.24, 2.45) is 0 Å². The summed E-state index contributed by atoms with van der Waals surface area (Å²) in [4.78, 5) is 10.4. The Labute approximate surface area is 117 Å². The minimum absolute atomic E-state index is 0.136. The van der Waals surface area contributed by atoms with E-state index in [1.54, 1.807) is 0 Å². The first kappa shape index (κ1) is 14.5. The molecule has 0 saturated carbocycles. The van der Waals surface area contributed by atoms with Crippen LogP contribution < -0.4 is 0 Å². The molecule has 0 fully saturated rings. The second-order valence-electron chi connectivity index (χ2n) is 3.82. The van der Waals surface area contributed by atoms with Gasteiger partial charge in [-0.05, 0) is 18.2 Å². The van der Waals surface area contributed by atoms with Crippen LogP contribution in [-0.4, -0.2) is 24.7 Å². The van der Waals surface area contributed by atoms with Crippen LogP contribution >= 0.6 is 11.6 Å². The maximum absolute atomic E-state index is 13.0. The fraction of sp³-hybridized carbons (Fsp3) is 0.0909. The predicted molar refractivity (Wildman–Crippen MR) is 65.8 cm³/mol. The molecule has 0 spiro atoms. The minimum atomic E-state index is -3.84. The zero-order valence-corrected chi connectivity index (χ0v) is 11.3. The van der Waals surface area contributed by atoms with Crippen LogP contribution in [0.25, 0.3) is 0 Å². The van der Waals surface area contributed by atoms with E-state index in [0.717, 1.165) is 24.3 Å². The molecule has 0 unspecified atom stereocenters. The Balaban J connectivity index is 2.30. The highest BCUT2D eigenvalue weighted by Crippen LogP contribution is 2.22. The number of hydrogen-bond donors (Lipinski definition) is 1. The average molecular weight is 320 g/mol. The molecule has 2 rings (SSSR count). The lowest BCUT2D eigenvalue weighted by Crippen LogP contribution is -2.04. The molecule has 1 N–H and O–H groups in total. The summed E-state index contributed by atoms with van der Waals surface area (Å²) in [6.45, 7) is 0. The van der Waals surface area contributed by atoms with Gasteiger partial charge >= 0.3 is 5.97 Å². The molecule has 106 valence electrons. The maximum atomic E-state index is 13.0. The van der Waals surface area contributed by atoms with Crippen molar-refractivity contribution < 1.29 is 27.2 Å². The van der Waals surface area contributed by atoms with Gasteiger partial charge in [0, 0.05) is 6.07 Å². The van der Waals surface area contributed by atoms with Crippen molar-refractivity contribution in [3.05, 3.63) is 46.6 Å². The fourth-order valence-electron chi connectivity index (χ4n) is 1.42. The van der Waals surface area contributed by atoms with Gasteiger partial charge in [-0.3, -0.25) is 0 Å². The Kier molecular flexibility index (Phi) is 3.78. The first-order valence-corrected chi connectivity index (χ1v) is 7.19. The summed E-state index contributed by atoms with van der Waals surface area (Å²) in [5.41, 5.74) is -0.396. The molecule has 0 aliphatic rings. The van der Waals surface area contributed by atoms with Gasteiger partial charge in [-0.15, -0.1) is 0 Å². The Morgan fingerprint density at radius 3 is 2.65 bits per heavy atom. The SMILES string of the molecule is O=C(O)c1cc(CS(=O)(=O)c2ccc(F)c(Cl)c2)on1. The molecular formula is C11H7ClFNO5S. The zero-order valence-electron chi connectivity index (χ0n) is 9.71. The lowest BCUT2D eigenvalue weighted by atomic mass is 10.3. The van der Waals surface area contributed by atoms with Crippen LogP contribution in [-0.2, 0) is 15.6 Å². The van der Waals surface area contributed by atoms with Crippen LogP contribution in [0.15, 0.2) is 33.7 Å². The second kappa shape index (κ2) is 5.22. The molecule has 0 saturated heterocycles. The Bertz CT molecular complexity index is 771. The molecule has 1 aromatic carbocycles. The number of carbonyl (C=O) groups is 1. The molecule has 20 heavy (non-hydrogen) atoms. The van der Waals surface area contributed by atoms with Crippen molar-refractivity contribution in [3.63, 3.8) is 0 Å². The summed E-state index contributed by atoms with van der Waals surface area (Å²) >= 11 is 5.52. The lowest BCUT2D eigenvalue weighted by molar-refractivity contribution is 0.0685. The zero-order chi connectivity index (χ0) is 14.9.